The zero-order valence-electron chi connectivity index (χ0n) is 35.7. The van der Waals surface area contributed by atoms with Crippen molar-refractivity contribution in [2.75, 3.05) is 14.7 Å². The molecule has 10 aromatic rings. The van der Waals surface area contributed by atoms with Gasteiger partial charge in [0.25, 0.3) is 0 Å². The van der Waals surface area contributed by atoms with Gasteiger partial charge in [0.1, 0.15) is 5.75 Å². The molecule has 4 heteroatoms. The molecule has 0 amide bonds. The first-order valence-electron chi connectivity index (χ1n) is 22.1. The van der Waals surface area contributed by atoms with Gasteiger partial charge in [0.2, 0.25) is 0 Å². The van der Waals surface area contributed by atoms with Crippen LogP contribution < -0.4 is 19.4 Å². The molecule has 0 bridgehead atoms. The van der Waals surface area contributed by atoms with Crippen molar-refractivity contribution in [3.8, 4) is 16.9 Å². The van der Waals surface area contributed by atoms with E-state index in [9.17, 15) is 0 Å². The summed E-state index contributed by atoms with van der Waals surface area (Å²) in [7, 11) is 0. The van der Waals surface area contributed by atoms with Crippen LogP contribution in [0.4, 0.5) is 51.2 Å². The van der Waals surface area contributed by atoms with Crippen molar-refractivity contribution in [1.29, 1.82) is 0 Å². The number of nitrogens with zero attached hydrogens (tertiary/aromatic N) is 3. The molecule has 1 heterocycles. The molecule has 0 spiro atoms. The Morgan fingerprint density at radius 2 is 0.585 bits per heavy atom. The minimum Gasteiger partial charge on any atom is -0.472 e. The van der Waals surface area contributed by atoms with Crippen molar-refractivity contribution in [3.63, 3.8) is 0 Å². The Kier molecular flexibility index (Phi) is 10.4. The number of para-hydroxylation sites is 5. The maximum atomic E-state index is 7.63. The second-order valence-electron chi connectivity index (χ2n) is 16.1. The first-order valence-corrected chi connectivity index (χ1v) is 22.1. The average molecular weight is 836 g/mol. The highest BCUT2D eigenvalue weighted by molar-refractivity contribution is 5.86. The Bertz CT molecular complexity index is 3090. The number of hydrogen-bond donors (Lipinski definition) is 0. The summed E-state index contributed by atoms with van der Waals surface area (Å²) in [5.74, 6) is 0.815. The topological polar surface area (TPSA) is 19.0 Å². The van der Waals surface area contributed by atoms with Crippen LogP contribution in [-0.2, 0) is 5.60 Å². The standard InChI is InChI=1S/C61H45N3O/c1-7-22-46(23-8-1)61(59-37-20-19-36-57(59)58-43-42-56(45-60(58)65-61)63(50-28-13-4-14-29-50)51-30-15-5-16-31-51)47-38-40-53(41-39-47)64(52-32-17-6-18-33-52)55-35-21-34-54(44-55)62(48-24-9-2-10-25-48)49-26-11-3-12-27-49/h1-45H. The Hall–Kier alpha value is -8.60. The van der Waals surface area contributed by atoms with Crippen molar-refractivity contribution in [2.45, 2.75) is 5.60 Å². The van der Waals surface area contributed by atoms with E-state index >= 15 is 0 Å². The molecule has 310 valence electrons. The van der Waals surface area contributed by atoms with Gasteiger partial charge < -0.3 is 19.4 Å². The molecule has 10 aromatic carbocycles. The minimum absolute atomic E-state index is 0.815. The summed E-state index contributed by atoms with van der Waals surface area (Å²) in [6.07, 6.45) is 0. The average Bonchev–Trinajstić information content (AvgIpc) is 3.38. The summed E-state index contributed by atoms with van der Waals surface area (Å²) in [6, 6.07) is 96.5. The van der Waals surface area contributed by atoms with Crippen LogP contribution >= 0.6 is 0 Å². The summed E-state index contributed by atoms with van der Waals surface area (Å²) in [4.78, 5) is 6.92. The molecule has 0 N–H and O–H groups in total. The zero-order valence-corrected chi connectivity index (χ0v) is 35.7. The number of hydrogen-bond acceptors (Lipinski definition) is 4. The Morgan fingerprint density at radius 1 is 0.246 bits per heavy atom. The molecule has 0 saturated carbocycles. The number of ether oxygens (including phenoxy) is 1. The van der Waals surface area contributed by atoms with Crippen LogP contribution in [-0.4, -0.2) is 0 Å². The molecule has 0 saturated heterocycles. The molecule has 0 radical (unpaired) electrons. The SMILES string of the molecule is c1ccc(N(c2ccccc2)c2cccc(N(c3ccccc3)c3ccc(C4(c5ccccc5)Oc5cc(N(c6ccccc6)c6ccccc6)ccc5-c5ccccc54)cc3)c2)cc1. The van der Waals surface area contributed by atoms with E-state index in [1.54, 1.807) is 0 Å². The van der Waals surface area contributed by atoms with Crippen molar-refractivity contribution >= 4 is 51.2 Å². The van der Waals surface area contributed by atoms with Crippen molar-refractivity contribution in [1.82, 2.24) is 0 Å². The normalized spacial score (nSPS) is 13.7. The van der Waals surface area contributed by atoms with Crippen molar-refractivity contribution in [2.24, 2.45) is 0 Å². The molecule has 1 aliphatic rings. The van der Waals surface area contributed by atoms with Crippen LogP contribution in [0.2, 0.25) is 0 Å². The Morgan fingerprint density at radius 3 is 1.05 bits per heavy atom. The van der Waals surface area contributed by atoms with E-state index in [-0.39, 0.29) is 0 Å². The lowest BCUT2D eigenvalue weighted by Gasteiger charge is -2.42. The highest BCUT2D eigenvalue weighted by Gasteiger charge is 2.44. The van der Waals surface area contributed by atoms with Crippen molar-refractivity contribution < 1.29 is 4.74 Å². The summed E-state index contributed by atoms with van der Waals surface area (Å²) in [6.45, 7) is 0. The van der Waals surface area contributed by atoms with Gasteiger partial charge in [-0.3, -0.25) is 0 Å². The first-order chi connectivity index (χ1) is 32.2. The van der Waals surface area contributed by atoms with Gasteiger partial charge in [-0.25, -0.2) is 0 Å². The summed E-state index contributed by atoms with van der Waals surface area (Å²) < 4.78 is 7.63. The molecule has 0 aromatic heterocycles. The summed E-state index contributed by atoms with van der Waals surface area (Å²) >= 11 is 0. The van der Waals surface area contributed by atoms with Crippen molar-refractivity contribution in [3.05, 3.63) is 290 Å². The largest absolute Gasteiger partial charge is 0.472 e. The van der Waals surface area contributed by atoms with Gasteiger partial charge in [-0.2, -0.15) is 0 Å². The van der Waals surface area contributed by atoms with E-state index in [0.717, 1.165) is 84.8 Å². The van der Waals surface area contributed by atoms with Gasteiger partial charge in [0, 0.05) is 79.5 Å². The highest BCUT2D eigenvalue weighted by atomic mass is 16.5. The maximum absolute atomic E-state index is 7.63. The third-order valence-electron chi connectivity index (χ3n) is 12.2. The lowest BCUT2D eigenvalue weighted by atomic mass is 9.75. The molecule has 4 nitrogen and oxygen atoms in total. The quantitative estimate of drug-likeness (QED) is 0.129. The number of anilines is 9. The second kappa shape index (κ2) is 17.3. The van der Waals surface area contributed by atoms with Gasteiger partial charge in [-0.15, -0.1) is 0 Å². The van der Waals surface area contributed by atoms with Crippen LogP contribution in [0.15, 0.2) is 273 Å². The molecule has 1 unspecified atom stereocenters. The van der Waals surface area contributed by atoms with E-state index in [2.05, 4.69) is 288 Å². The molecule has 1 atom stereocenters. The lowest BCUT2D eigenvalue weighted by molar-refractivity contribution is 0.152. The molecule has 0 fully saturated rings. The fourth-order valence-electron chi connectivity index (χ4n) is 9.31. The molecular formula is C61H45N3O. The molecule has 0 aliphatic carbocycles. The Balaban J connectivity index is 1.04. The van der Waals surface area contributed by atoms with Crippen LogP contribution in [0.5, 0.6) is 5.75 Å². The minimum atomic E-state index is -0.963. The lowest BCUT2D eigenvalue weighted by Crippen LogP contribution is -2.38. The fraction of sp³-hybridized carbons (Fsp3) is 0.0164. The third kappa shape index (κ3) is 7.37. The smallest absolute Gasteiger partial charge is 0.185 e. The van der Waals surface area contributed by atoms with Crippen LogP contribution in [0.1, 0.15) is 16.7 Å². The molecule has 11 rings (SSSR count). The van der Waals surface area contributed by atoms with E-state index in [0.29, 0.717) is 0 Å². The highest BCUT2D eigenvalue weighted by Crippen LogP contribution is 2.53. The van der Waals surface area contributed by atoms with Gasteiger partial charge in [-0.05, 0) is 109 Å². The third-order valence-corrected chi connectivity index (χ3v) is 12.2. The van der Waals surface area contributed by atoms with Gasteiger partial charge in [0.15, 0.2) is 5.60 Å². The van der Waals surface area contributed by atoms with Crippen LogP contribution in [0, 0.1) is 0 Å². The molecule has 1 aliphatic heterocycles. The second-order valence-corrected chi connectivity index (χ2v) is 16.1. The Labute approximate surface area is 381 Å². The first kappa shape index (κ1) is 39.3. The zero-order chi connectivity index (χ0) is 43.4. The number of rotatable bonds is 11. The summed E-state index contributed by atoms with van der Waals surface area (Å²) in [5, 5.41) is 0. The fourth-order valence-corrected chi connectivity index (χ4v) is 9.31. The number of benzene rings is 10. The summed E-state index contributed by atoms with van der Waals surface area (Å²) in [5.41, 5.74) is 13.9. The molecule has 65 heavy (non-hydrogen) atoms. The van der Waals surface area contributed by atoms with E-state index in [1.165, 1.54) is 0 Å². The molecular weight excluding hydrogens is 791 g/mol. The van der Waals surface area contributed by atoms with Gasteiger partial charge in [-0.1, -0.05) is 164 Å². The van der Waals surface area contributed by atoms with E-state index in [4.69, 9.17) is 4.74 Å². The van der Waals surface area contributed by atoms with Gasteiger partial charge in [0.05, 0.1) is 0 Å². The predicted octanol–water partition coefficient (Wildman–Crippen LogP) is 16.4. The predicted molar refractivity (Wildman–Crippen MR) is 269 cm³/mol. The van der Waals surface area contributed by atoms with Gasteiger partial charge >= 0.3 is 0 Å². The number of fused-ring (bicyclic) bond motifs is 3. The van der Waals surface area contributed by atoms with E-state index in [1.807, 2.05) is 0 Å². The van der Waals surface area contributed by atoms with Crippen LogP contribution in [0.25, 0.3) is 11.1 Å². The maximum Gasteiger partial charge on any atom is 0.185 e. The monoisotopic (exact) mass is 835 g/mol. The van der Waals surface area contributed by atoms with Crippen LogP contribution in [0.3, 0.4) is 0 Å². The van der Waals surface area contributed by atoms with E-state index < -0.39 is 5.60 Å².